The van der Waals surface area contributed by atoms with E-state index in [-0.39, 0.29) is 6.03 Å². The summed E-state index contributed by atoms with van der Waals surface area (Å²) in [5.74, 6) is 1.85. The summed E-state index contributed by atoms with van der Waals surface area (Å²) in [7, 11) is 0. The van der Waals surface area contributed by atoms with Gasteiger partial charge in [0.25, 0.3) is 0 Å². The van der Waals surface area contributed by atoms with Crippen molar-refractivity contribution in [2.24, 2.45) is 0 Å². The van der Waals surface area contributed by atoms with Crippen LogP contribution in [0.4, 0.5) is 4.79 Å². The summed E-state index contributed by atoms with van der Waals surface area (Å²) in [5, 5.41) is 6.47. The molecule has 0 atom stereocenters. The number of benzene rings is 2. The number of urea groups is 1. The van der Waals surface area contributed by atoms with Crippen LogP contribution in [0.3, 0.4) is 0 Å². The van der Waals surface area contributed by atoms with E-state index in [9.17, 15) is 4.79 Å². The Kier molecular flexibility index (Phi) is 4.40. The van der Waals surface area contributed by atoms with Gasteiger partial charge < -0.3 is 20.1 Å². The second kappa shape index (κ2) is 6.84. The van der Waals surface area contributed by atoms with Crippen LogP contribution in [-0.2, 0) is 25.9 Å². The van der Waals surface area contributed by atoms with Crippen molar-refractivity contribution >= 4 is 17.6 Å². The fraction of sp³-hybridized carbons (Fsp3) is 0.316. The van der Waals surface area contributed by atoms with E-state index in [1.54, 1.807) is 0 Å². The summed E-state index contributed by atoms with van der Waals surface area (Å²) in [6.07, 6.45) is 1.75. The molecule has 0 spiro atoms. The van der Waals surface area contributed by atoms with Crippen molar-refractivity contribution < 1.29 is 14.3 Å². The first-order valence-corrected chi connectivity index (χ1v) is 8.78. The normalized spacial score (nSPS) is 14.3. The van der Waals surface area contributed by atoms with Gasteiger partial charge in [-0.2, -0.15) is 0 Å². The number of carbonyl (C=O) groups excluding carboxylic acids is 1. The molecule has 5 nitrogen and oxygen atoms in total. The predicted molar refractivity (Wildman–Crippen MR) is 95.4 cm³/mol. The van der Waals surface area contributed by atoms with Crippen molar-refractivity contribution in [2.45, 2.75) is 25.9 Å². The van der Waals surface area contributed by atoms with Gasteiger partial charge in [-0.1, -0.05) is 23.7 Å². The van der Waals surface area contributed by atoms with Gasteiger partial charge in [0.05, 0.1) is 13.2 Å². The number of carbonyl (C=O) groups is 1. The SMILES string of the molecule is O=C(NCc1ccc(Cl)cc1)NCc1c2c(cc3c1OCC3)OCC2. The largest absolute Gasteiger partial charge is 0.493 e. The Morgan fingerprint density at radius 3 is 2.64 bits per heavy atom. The average Bonchev–Trinajstić information content (AvgIpc) is 3.27. The van der Waals surface area contributed by atoms with Crippen LogP contribution in [0.15, 0.2) is 30.3 Å². The van der Waals surface area contributed by atoms with Gasteiger partial charge in [0.2, 0.25) is 0 Å². The summed E-state index contributed by atoms with van der Waals surface area (Å²) in [6, 6.07) is 9.28. The van der Waals surface area contributed by atoms with E-state index in [4.69, 9.17) is 21.1 Å². The van der Waals surface area contributed by atoms with Crippen LogP contribution >= 0.6 is 11.6 Å². The molecule has 0 unspecified atom stereocenters. The summed E-state index contributed by atoms with van der Waals surface area (Å²) in [4.78, 5) is 12.1. The highest BCUT2D eigenvalue weighted by atomic mass is 35.5. The molecule has 0 aliphatic carbocycles. The first-order valence-electron chi connectivity index (χ1n) is 8.40. The molecule has 0 radical (unpaired) electrons. The van der Waals surface area contributed by atoms with Crippen LogP contribution in [-0.4, -0.2) is 19.2 Å². The van der Waals surface area contributed by atoms with E-state index in [1.165, 1.54) is 5.56 Å². The van der Waals surface area contributed by atoms with Crippen LogP contribution in [0.1, 0.15) is 22.3 Å². The lowest BCUT2D eigenvalue weighted by molar-refractivity contribution is 0.240. The number of fused-ring (bicyclic) bond motifs is 2. The standard InChI is InChI=1S/C19H19ClN2O3/c20-14-3-1-12(2-4-14)10-21-19(23)22-11-16-15-6-8-24-17(15)9-13-5-7-25-18(13)16/h1-4,9H,5-8,10-11H2,(H2,21,22,23). The monoisotopic (exact) mass is 358 g/mol. The first-order chi connectivity index (χ1) is 12.2. The fourth-order valence-electron chi connectivity index (χ4n) is 3.29. The molecule has 0 bridgehead atoms. The highest BCUT2D eigenvalue weighted by Gasteiger charge is 2.26. The van der Waals surface area contributed by atoms with Gasteiger partial charge in [0, 0.05) is 47.6 Å². The molecular weight excluding hydrogens is 340 g/mol. The molecule has 4 rings (SSSR count). The summed E-state index contributed by atoms with van der Waals surface area (Å²) in [5.41, 5.74) is 4.36. The minimum atomic E-state index is -0.210. The molecule has 0 fully saturated rings. The Morgan fingerprint density at radius 1 is 1.04 bits per heavy atom. The molecule has 2 aromatic rings. The molecule has 2 aromatic carbocycles. The smallest absolute Gasteiger partial charge is 0.315 e. The molecule has 2 aliphatic rings. The Labute approximate surface area is 151 Å². The number of halogens is 1. The quantitative estimate of drug-likeness (QED) is 0.882. The molecule has 2 N–H and O–H groups in total. The molecule has 0 aromatic heterocycles. The van der Waals surface area contributed by atoms with Crippen molar-refractivity contribution in [1.29, 1.82) is 0 Å². The van der Waals surface area contributed by atoms with Crippen LogP contribution in [0.25, 0.3) is 0 Å². The molecule has 2 amide bonds. The minimum absolute atomic E-state index is 0.210. The van der Waals surface area contributed by atoms with E-state index in [0.29, 0.717) is 31.3 Å². The van der Waals surface area contributed by atoms with Crippen LogP contribution in [0, 0.1) is 0 Å². The van der Waals surface area contributed by atoms with E-state index in [1.807, 2.05) is 24.3 Å². The zero-order chi connectivity index (χ0) is 17.2. The van der Waals surface area contributed by atoms with Crippen molar-refractivity contribution in [3.8, 4) is 11.5 Å². The van der Waals surface area contributed by atoms with Gasteiger partial charge in [-0.15, -0.1) is 0 Å². The highest BCUT2D eigenvalue weighted by Crippen LogP contribution is 2.40. The van der Waals surface area contributed by atoms with Gasteiger partial charge in [0.1, 0.15) is 11.5 Å². The number of hydrogen-bond acceptors (Lipinski definition) is 3. The van der Waals surface area contributed by atoms with Crippen molar-refractivity contribution in [3.05, 3.63) is 57.6 Å². The number of amides is 2. The van der Waals surface area contributed by atoms with Gasteiger partial charge in [0.15, 0.2) is 0 Å². The maximum Gasteiger partial charge on any atom is 0.315 e. The molecule has 25 heavy (non-hydrogen) atoms. The zero-order valence-corrected chi connectivity index (χ0v) is 14.5. The lowest BCUT2D eigenvalue weighted by Gasteiger charge is -2.14. The minimum Gasteiger partial charge on any atom is -0.493 e. The molecule has 0 saturated carbocycles. The van der Waals surface area contributed by atoms with E-state index >= 15 is 0 Å². The number of ether oxygens (including phenoxy) is 2. The molecule has 6 heteroatoms. The number of nitrogens with one attached hydrogen (secondary N) is 2. The van der Waals surface area contributed by atoms with E-state index in [2.05, 4.69) is 16.7 Å². The third-order valence-corrected chi connectivity index (χ3v) is 4.80. The second-order valence-corrected chi connectivity index (χ2v) is 6.62. The van der Waals surface area contributed by atoms with E-state index in [0.717, 1.165) is 41.0 Å². The Morgan fingerprint density at radius 2 is 1.80 bits per heavy atom. The highest BCUT2D eigenvalue weighted by molar-refractivity contribution is 6.30. The van der Waals surface area contributed by atoms with Crippen molar-refractivity contribution in [1.82, 2.24) is 10.6 Å². The van der Waals surface area contributed by atoms with Crippen LogP contribution in [0.2, 0.25) is 5.02 Å². The summed E-state index contributed by atoms with van der Waals surface area (Å²) < 4.78 is 11.5. The van der Waals surface area contributed by atoms with Crippen LogP contribution in [0.5, 0.6) is 11.5 Å². The Bertz CT molecular complexity index is 773. The molecular formula is C19H19ClN2O3. The van der Waals surface area contributed by atoms with Gasteiger partial charge in [-0.3, -0.25) is 0 Å². The lowest BCUT2D eigenvalue weighted by atomic mass is 9.99. The lowest BCUT2D eigenvalue weighted by Crippen LogP contribution is -2.34. The maximum absolute atomic E-state index is 12.1. The Hall–Kier alpha value is -2.40. The number of hydrogen-bond donors (Lipinski definition) is 2. The van der Waals surface area contributed by atoms with Crippen molar-refractivity contribution in [2.75, 3.05) is 13.2 Å². The maximum atomic E-state index is 12.1. The number of rotatable bonds is 4. The second-order valence-electron chi connectivity index (χ2n) is 6.18. The average molecular weight is 359 g/mol. The predicted octanol–water partition coefficient (Wildman–Crippen LogP) is 3.21. The molecule has 130 valence electrons. The third kappa shape index (κ3) is 3.37. The van der Waals surface area contributed by atoms with E-state index < -0.39 is 0 Å². The van der Waals surface area contributed by atoms with Crippen molar-refractivity contribution in [3.63, 3.8) is 0 Å². The molecule has 2 heterocycles. The Balaban J connectivity index is 1.40. The summed E-state index contributed by atoms with van der Waals surface area (Å²) >= 11 is 5.86. The molecule has 0 saturated heterocycles. The topological polar surface area (TPSA) is 59.6 Å². The zero-order valence-electron chi connectivity index (χ0n) is 13.7. The van der Waals surface area contributed by atoms with Gasteiger partial charge in [-0.25, -0.2) is 4.79 Å². The third-order valence-electron chi connectivity index (χ3n) is 4.55. The van der Waals surface area contributed by atoms with Crippen LogP contribution < -0.4 is 20.1 Å². The van der Waals surface area contributed by atoms with Gasteiger partial charge in [-0.05, 0) is 23.8 Å². The molecule has 2 aliphatic heterocycles. The first kappa shape index (κ1) is 16.1. The fourth-order valence-corrected chi connectivity index (χ4v) is 3.41. The summed E-state index contributed by atoms with van der Waals surface area (Å²) in [6.45, 7) is 2.26. The van der Waals surface area contributed by atoms with Gasteiger partial charge >= 0.3 is 6.03 Å².